The first kappa shape index (κ1) is 22.7. The number of aromatic amines is 2. The number of hydrogen-bond donors (Lipinski definition) is 3. The Morgan fingerprint density at radius 3 is 2.68 bits per heavy atom. The highest BCUT2D eigenvalue weighted by Crippen LogP contribution is 2.35. The zero-order chi connectivity index (χ0) is 25.5. The Labute approximate surface area is 220 Å². The van der Waals surface area contributed by atoms with Crippen LogP contribution >= 0.6 is 0 Å². The highest BCUT2D eigenvalue weighted by atomic mass is 15.1. The van der Waals surface area contributed by atoms with Crippen molar-refractivity contribution in [3.05, 3.63) is 85.3 Å². The third kappa shape index (κ3) is 4.10. The molecule has 1 saturated carbocycles. The van der Waals surface area contributed by atoms with Gasteiger partial charge < -0.3 is 10.3 Å². The molecule has 5 heterocycles. The van der Waals surface area contributed by atoms with Crippen LogP contribution in [0.25, 0.3) is 50.0 Å². The molecule has 0 aromatic carbocycles. The molecule has 0 unspecified atom stereocenters. The Kier molecular flexibility index (Phi) is 5.61. The maximum Gasteiger partial charge on any atom is 0.116 e. The normalized spacial score (nSPS) is 15.8. The Morgan fingerprint density at radius 1 is 0.921 bits per heavy atom. The predicted octanol–water partition coefficient (Wildman–Crippen LogP) is 7.41. The third-order valence-electron chi connectivity index (χ3n) is 7.77. The minimum absolute atomic E-state index is 0.531. The maximum atomic E-state index is 4.71. The average molecular weight is 500 g/mol. The molecule has 38 heavy (non-hydrogen) atoms. The van der Waals surface area contributed by atoms with Crippen molar-refractivity contribution in [3.8, 4) is 22.6 Å². The highest BCUT2D eigenvalue weighted by Gasteiger charge is 2.18. The molecule has 7 rings (SSSR count). The second-order valence-corrected chi connectivity index (χ2v) is 10.3. The third-order valence-corrected chi connectivity index (χ3v) is 7.77. The Bertz CT molecular complexity index is 1730. The summed E-state index contributed by atoms with van der Waals surface area (Å²) in [5.41, 5.74) is 9.83. The number of anilines is 1. The zero-order valence-electron chi connectivity index (χ0n) is 21.2. The summed E-state index contributed by atoms with van der Waals surface area (Å²) in [6.45, 7) is 4.32. The van der Waals surface area contributed by atoms with Gasteiger partial charge in [-0.25, -0.2) is 0 Å². The molecule has 2 aliphatic rings. The molecule has 0 radical (unpaired) electrons. The van der Waals surface area contributed by atoms with Crippen molar-refractivity contribution >= 4 is 33.1 Å². The summed E-state index contributed by atoms with van der Waals surface area (Å²) in [5.74, 6) is 0.531. The highest BCUT2D eigenvalue weighted by molar-refractivity contribution is 6.00. The topological polar surface area (TPSA) is 95.2 Å². The van der Waals surface area contributed by atoms with E-state index in [0.29, 0.717) is 5.92 Å². The first-order valence-corrected chi connectivity index (χ1v) is 13.3. The van der Waals surface area contributed by atoms with Crippen LogP contribution in [0.3, 0.4) is 0 Å². The number of allylic oxidation sites excluding steroid dienone is 5. The Hall–Kier alpha value is -4.52. The predicted molar refractivity (Wildman–Crippen MR) is 153 cm³/mol. The lowest BCUT2D eigenvalue weighted by Crippen LogP contribution is -2.14. The second-order valence-electron chi connectivity index (χ2n) is 10.3. The lowest BCUT2D eigenvalue weighted by molar-refractivity contribution is 0.405. The molecule has 2 aliphatic carbocycles. The van der Waals surface area contributed by atoms with Crippen LogP contribution in [0, 0.1) is 5.92 Å². The number of rotatable bonds is 6. The van der Waals surface area contributed by atoms with E-state index in [4.69, 9.17) is 4.98 Å². The molecule has 5 aromatic rings. The minimum atomic E-state index is 0.531. The molecule has 188 valence electrons. The summed E-state index contributed by atoms with van der Waals surface area (Å²) in [6, 6.07) is 6.34. The molecule has 5 aromatic heterocycles. The Balaban J connectivity index is 1.22. The van der Waals surface area contributed by atoms with Gasteiger partial charge in [-0.2, -0.15) is 5.10 Å². The number of nitrogens with zero attached hydrogens (tertiary/aromatic N) is 4. The smallest absolute Gasteiger partial charge is 0.116 e. The SMILES string of the molecule is C=C(Nc1cncc(-c2cc3c(-c4cc5c(C6=CCC=C6)cncc5[nH]4)n[nH]c3cn2)c1)C1CCCCC1. The quantitative estimate of drug-likeness (QED) is 0.226. The summed E-state index contributed by atoms with van der Waals surface area (Å²) in [5, 5.41) is 13.4. The van der Waals surface area contributed by atoms with Gasteiger partial charge in [0.05, 0.1) is 46.7 Å². The monoisotopic (exact) mass is 499 g/mol. The molecule has 0 bridgehead atoms. The number of fused-ring (bicyclic) bond motifs is 2. The molecule has 0 amide bonds. The minimum Gasteiger partial charge on any atom is -0.358 e. The van der Waals surface area contributed by atoms with E-state index in [-0.39, 0.29) is 0 Å². The van der Waals surface area contributed by atoms with E-state index in [0.717, 1.165) is 67.8 Å². The van der Waals surface area contributed by atoms with E-state index < -0.39 is 0 Å². The van der Waals surface area contributed by atoms with Gasteiger partial charge in [-0.3, -0.25) is 20.1 Å². The van der Waals surface area contributed by atoms with Crippen molar-refractivity contribution in [2.75, 3.05) is 5.32 Å². The van der Waals surface area contributed by atoms with E-state index in [2.05, 4.69) is 73.5 Å². The van der Waals surface area contributed by atoms with Gasteiger partial charge in [0.15, 0.2) is 0 Å². The van der Waals surface area contributed by atoms with Crippen molar-refractivity contribution < 1.29 is 0 Å². The van der Waals surface area contributed by atoms with Gasteiger partial charge in [0.25, 0.3) is 0 Å². The second kappa shape index (κ2) is 9.41. The lowest BCUT2D eigenvalue weighted by atomic mass is 9.87. The molecule has 7 nitrogen and oxygen atoms in total. The number of H-pyrrole nitrogens is 2. The lowest BCUT2D eigenvalue weighted by Gasteiger charge is -2.24. The fourth-order valence-electron chi connectivity index (χ4n) is 5.73. The van der Waals surface area contributed by atoms with E-state index in [1.807, 2.05) is 31.0 Å². The summed E-state index contributed by atoms with van der Waals surface area (Å²) in [4.78, 5) is 17.2. The van der Waals surface area contributed by atoms with Crippen molar-refractivity contribution in [2.24, 2.45) is 5.92 Å². The van der Waals surface area contributed by atoms with Crippen LogP contribution < -0.4 is 5.32 Å². The fourth-order valence-corrected chi connectivity index (χ4v) is 5.73. The molecular formula is C31H29N7. The molecule has 3 N–H and O–H groups in total. The van der Waals surface area contributed by atoms with Gasteiger partial charge >= 0.3 is 0 Å². The Morgan fingerprint density at radius 2 is 1.82 bits per heavy atom. The van der Waals surface area contributed by atoms with Crippen LogP contribution in [-0.2, 0) is 0 Å². The van der Waals surface area contributed by atoms with Crippen LogP contribution in [-0.4, -0.2) is 30.1 Å². The van der Waals surface area contributed by atoms with Gasteiger partial charge in [0.1, 0.15) is 5.69 Å². The van der Waals surface area contributed by atoms with Gasteiger partial charge in [0, 0.05) is 40.0 Å². The van der Waals surface area contributed by atoms with Crippen molar-refractivity contribution in [1.29, 1.82) is 0 Å². The van der Waals surface area contributed by atoms with Crippen LogP contribution in [0.15, 0.2) is 79.7 Å². The molecule has 0 atom stereocenters. The zero-order valence-corrected chi connectivity index (χ0v) is 21.2. The van der Waals surface area contributed by atoms with Gasteiger partial charge in [-0.05, 0) is 49.0 Å². The van der Waals surface area contributed by atoms with Gasteiger partial charge in [0.2, 0.25) is 0 Å². The first-order chi connectivity index (χ1) is 18.7. The van der Waals surface area contributed by atoms with Crippen LogP contribution in [0.4, 0.5) is 5.69 Å². The number of hydrogen-bond acceptors (Lipinski definition) is 5. The summed E-state index contributed by atoms with van der Waals surface area (Å²) >= 11 is 0. The molecule has 0 aliphatic heterocycles. The molecule has 7 heteroatoms. The molecule has 0 spiro atoms. The molecule has 0 saturated heterocycles. The van der Waals surface area contributed by atoms with E-state index in [1.54, 1.807) is 0 Å². The van der Waals surface area contributed by atoms with Crippen molar-refractivity contribution in [2.45, 2.75) is 38.5 Å². The fraction of sp³-hybridized carbons (Fsp3) is 0.226. The van der Waals surface area contributed by atoms with Crippen molar-refractivity contribution in [3.63, 3.8) is 0 Å². The van der Waals surface area contributed by atoms with E-state index >= 15 is 0 Å². The summed E-state index contributed by atoms with van der Waals surface area (Å²) in [6.07, 6.45) is 23.2. The number of pyridine rings is 3. The summed E-state index contributed by atoms with van der Waals surface area (Å²) < 4.78 is 0. The van der Waals surface area contributed by atoms with Crippen LogP contribution in [0.2, 0.25) is 0 Å². The number of aromatic nitrogens is 6. The largest absolute Gasteiger partial charge is 0.358 e. The van der Waals surface area contributed by atoms with Gasteiger partial charge in [-0.1, -0.05) is 44.1 Å². The average Bonchev–Trinajstić information content (AvgIpc) is 3.73. The van der Waals surface area contributed by atoms with Gasteiger partial charge in [-0.15, -0.1) is 0 Å². The summed E-state index contributed by atoms with van der Waals surface area (Å²) in [7, 11) is 0. The molecular weight excluding hydrogens is 470 g/mol. The van der Waals surface area contributed by atoms with Crippen LogP contribution in [0.1, 0.15) is 44.1 Å². The van der Waals surface area contributed by atoms with Crippen LogP contribution in [0.5, 0.6) is 0 Å². The maximum absolute atomic E-state index is 4.71. The molecule has 1 fully saturated rings. The van der Waals surface area contributed by atoms with Crippen molar-refractivity contribution in [1.82, 2.24) is 30.1 Å². The number of nitrogens with one attached hydrogen (secondary N) is 3. The van der Waals surface area contributed by atoms with E-state index in [1.165, 1.54) is 37.7 Å². The first-order valence-electron chi connectivity index (χ1n) is 13.3. The standard InChI is InChI=1S/C31H29N7/c1-19(20-7-3-2-4-8-20)35-23-11-22(14-32-15-23)27-13-25-30(18-34-27)37-38-31(25)28-12-24-26(21-9-5-6-10-21)16-33-17-29(24)36-28/h5,9-18,20,35-36H,1-4,6-8H2,(H,37,38). The van der Waals surface area contributed by atoms with E-state index in [9.17, 15) is 0 Å².